The maximum Gasteiger partial charge on any atom is 0.242 e. The monoisotopic (exact) mass is 372 g/mol. The second-order valence-electron chi connectivity index (χ2n) is 7.87. The van der Waals surface area contributed by atoms with Crippen LogP contribution in [0.2, 0.25) is 0 Å². The molecule has 1 saturated carbocycles. The number of hydrogen-bond donors (Lipinski definition) is 0. The first-order chi connectivity index (χ1) is 13.0. The number of piperidine rings is 1. The van der Waals surface area contributed by atoms with E-state index in [1.807, 2.05) is 43.0 Å². The van der Waals surface area contributed by atoms with Crippen molar-refractivity contribution < 1.29 is 19.1 Å². The van der Waals surface area contributed by atoms with E-state index in [9.17, 15) is 9.59 Å². The third-order valence-electron chi connectivity index (χ3n) is 6.07. The number of hydrogen-bond acceptors (Lipinski definition) is 4. The third-order valence-corrected chi connectivity index (χ3v) is 6.07. The van der Waals surface area contributed by atoms with Gasteiger partial charge in [-0.3, -0.25) is 9.59 Å². The summed E-state index contributed by atoms with van der Waals surface area (Å²) < 4.78 is 11.5. The molecule has 0 unspecified atom stereocenters. The molecule has 6 nitrogen and oxygen atoms in total. The van der Waals surface area contributed by atoms with Gasteiger partial charge in [0.15, 0.2) is 5.79 Å². The lowest BCUT2D eigenvalue weighted by Crippen LogP contribution is -2.52. The lowest BCUT2D eigenvalue weighted by atomic mass is 9.98. The van der Waals surface area contributed by atoms with Gasteiger partial charge in [-0.05, 0) is 44.4 Å². The Balaban J connectivity index is 1.47. The van der Waals surface area contributed by atoms with Crippen molar-refractivity contribution in [3.8, 4) is 0 Å². The van der Waals surface area contributed by atoms with E-state index in [0.717, 1.165) is 11.3 Å². The Hall–Kier alpha value is -1.92. The van der Waals surface area contributed by atoms with E-state index < -0.39 is 11.2 Å². The largest absolute Gasteiger partial charge is 0.347 e. The molecule has 146 valence electrons. The molecule has 3 fully saturated rings. The van der Waals surface area contributed by atoms with Gasteiger partial charge in [0.25, 0.3) is 0 Å². The Morgan fingerprint density at radius 3 is 2.33 bits per heavy atom. The van der Waals surface area contributed by atoms with E-state index in [1.54, 1.807) is 4.90 Å². The number of nitrogens with zero attached hydrogens (tertiary/aromatic N) is 2. The van der Waals surface area contributed by atoms with Crippen LogP contribution < -0.4 is 4.90 Å². The zero-order valence-electron chi connectivity index (χ0n) is 16.2. The molecule has 0 bridgehead atoms. The summed E-state index contributed by atoms with van der Waals surface area (Å²) in [4.78, 5) is 30.2. The van der Waals surface area contributed by atoms with Gasteiger partial charge in [0.1, 0.15) is 5.41 Å². The Labute approximate surface area is 160 Å². The highest BCUT2D eigenvalue weighted by molar-refractivity contribution is 6.14. The number of carbonyl (C=O) groups excluding carboxylic acids is 2. The van der Waals surface area contributed by atoms with Gasteiger partial charge in [-0.25, -0.2) is 0 Å². The van der Waals surface area contributed by atoms with Crippen LogP contribution in [-0.2, 0) is 19.1 Å². The normalized spacial score (nSPS) is 22.7. The van der Waals surface area contributed by atoms with Gasteiger partial charge in [-0.2, -0.15) is 0 Å². The van der Waals surface area contributed by atoms with Crippen molar-refractivity contribution in [1.82, 2.24) is 4.90 Å². The standard InChI is InChI=1S/C21H28N2O4/c1-3-23(17-6-4-5-16(2)15-17)19(25)20(7-8-20)18(24)22-11-9-21(10-12-22)26-13-14-27-21/h4-6,15H,3,7-14H2,1-2H3. The Morgan fingerprint density at radius 1 is 1.11 bits per heavy atom. The summed E-state index contributed by atoms with van der Waals surface area (Å²) in [7, 11) is 0. The molecule has 2 saturated heterocycles. The van der Waals surface area contributed by atoms with Crippen LogP contribution in [0.3, 0.4) is 0 Å². The van der Waals surface area contributed by atoms with Crippen molar-refractivity contribution in [2.24, 2.45) is 5.41 Å². The molecule has 0 aromatic heterocycles. The van der Waals surface area contributed by atoms with Crippen molar-refractivity contribution >= 4 is 17.5 Å². The van der Waals surface area contributed by atoms with Crippen LogP contribution in [0.4, 0.5) is 5.69 Å². The highest BCUT2D eigenvalue weighted by Crippen LogP contribution is 2.50. The highest BCUT2D eigenvalue weighted by atomic mass is 16.7. The molecule has 1 spiro atoms. The van der Waals surface area contributed by atoms with Crippen LogP contribution in [0.15, 0.2) is 24.3 Å². The van der Waals surface area contributed by atoms with E-state index in [0.29, 0.717) is 58.5 Å². The number of carbonyl (C=O) groups is 2. The second-order valence-corrected chi connectivity index (χ2v) is 7.87. The van der Waals surface area contributed by atoms with Crippen LogP contribution in [0, 0.1) is 12.3 Å². The number of rotatable bonds is 4. The van der Waals surface area contributed by atoms with Gasteiger partial charge < -0.3 is 19.3 Å². The number of anilines is 1. The summed E-state index contributed by atoms with van der Waals surface area (Å²) in [6.45, 7) is 6.95. The molecule has 2 aliphatic heterocycles. The Bertz CT molecular complexity index is 727. The van der Waals surface area contributed by atoms with Gasteiger partial charge in [0.05, 0.1) is 13.2 Å². The average Bonchev–Trinajstić information content (AvgIpc) is 3.37. The molecule has 2 amide bonds. The molecule has 1 aromatic rings. The maximum atomic E-state index is 13.3. The van der Waals surface area contributed by atoms with Crippen LogP contribution in [0.1, 0.15) is 38.2 Å². The summed E-state index contributed by atoms with van der Waals surface area (Å²) in [6, 6.07) is 7.90. The first-order valence-electron chi connectivity index (χ1n) is 9.96. The molecule has 27 heavy (non-hydrogen) atoms. The smallest absolute Gasteiger partial charge is 0.242 e. The fourth-order valence-corrected chi connectivity index (χ4v) is 4.28. The van der Waals surface area contributed by atoms with E-state index in [4.69, 9.17) is 9.47 Å². The highest BCUT2D eigenvalue weighted by Gasteiger charge is 2.60. The van der Waals surface area contributed by atoms with Gasteiger partial charge in [-0.1, -0.05) is 12.1 Å². The van der Waals surface area contributed by atoms with E-state index >= 15 is 0 Å². The average molecular weight is 372 g/mol. The van der Waals surface area contributed by atoms with Crippen LogP contribution in [0.5, 0.6) is 0 Å². The minimum Gasteiger partial charge on any atom is -0.347 e. The number of likely N-dealkylation sites (tertiary alicyclic amines) is 1. The third kappa shape index (κ3) is 3.25. The molecule has 4 rings (SSSR count). The summed E-state index contributed by atoms with van der Waals surface area (Å²) in [5.41, 5.74) is 1.10. The maximum absolute atomic E-state index is 13.3. The second kappa shape index (κ2) is 6.91. The lowest BCUT2D eigenvalue weighted by molar-refractivity contribution is -0.188. The fraction of sp³-hybridized carbons (Fsp3) is 0.619. The molecule has 1 aliphatic carbocycles. The Morgan fingerprint density at radius 2 is 1.78 bits per heavy atom. The van der Waals surface area contributed by atoms with Gasteiger partial charge in [0, 0.05) is 38.2 Å². The van der Waals surface area contributed by atoms with E-state index in [-0.39, 0.29) is 11.8 Å². The predicted molar refractivity (Wildman–Crippen MR) is 101 cm³/mol. The minimum absolute atomic E-state index is 0.0218. The molecule has 0 atom stereocenters. The first kappa shape index (κ1) is 18.4. The van der Waals surface area contributed by atoms with Crippen molar-refractivity contribution in [2.75, 3.05) is 37.7 Å². The molecule has 2 heterocycles. The number of benzene rings is 1. The molecule has 0 radical (unpaired) electrons. The Kier molecular flexibility index (Phi) is 4.72. The number of amides is 2. The van der Waals surface area contributed by atoms with Crippen molar-refractivity contribution in [3.05, 3.63) is 29.8 Å². The van der Waals surface area contributed by atoms with Crippen molar-refractivity contribution in [3.63, 3.8) is 0 Å². The molecular formula is C21H28N2O4. The first-order valence-corrected chi connectivity index (χ1v) is 9.96. The minimum atomic E-state index is -0.873. The fourth-order valence-electron chi connectivity index (χ4n) is 4.28. The van der Waals surface area contributed by atoms with Crippen LogP contribution in [-0.4, -0.2) is 55.3 Å². The van der Waals surface area contributed by atoms with Gasteiger partial charge >= 0.3 is 0 Å². The quantitative estimate of drug-likeness (QED) is 0.762. The van der Waals surface area contributed by atoms with Crippen LogP contribution in [0.25, 0.3) is 0 Å². The molecule has 0 N–H and O–H groups in total. The summed E-state index contributed by atoms with van der Waals surface area (Å²) in [5.74, 6) is -0.588. The zero-order chi connectivity index (χ0) is 19.1. The van der Waals surface area contributed by atoms with Crippen molar-refractivity contribution in [1.29, 1.82) is 0 Å². The molecule has 3 aliphatic rings. The van der Waals surface area contributed by atoms with Gasteiger partial charge in [-0.15, -0.1) is 0 Å². The molecule has 6 heteroatoms. The summed E-state index contributed by atoms with van der Waals surface area (Å²) in [6.07, 6.45) is 2.64. The van der Waals surface area contributed by atoms with Crippen LogP contribution >= 0.6 is 0 Å². The predicted octanol–water partition coefficient (Wildman–Crippen LogP) is 2.49. The van der Waals surface area contributed by atoms with E-state index in [2.05, 4.69) is 0 Å². The SMILES string of the molecule is CCN(C(=O)C1(C(=O)N2CCC3(CC2)OCCO3)CC1)c1cccc(C)c1. The topological polar surface area (TPSA) is 59.1 Å². The van der Waals surface area contributed by atoms with Gasteiger partial charge in [0.2, 0.25) is 11.8 Å². The van der Waals surface area contributed by atoms with E-state index in [1.165, 1.54) is 0 Å². The molecular weight excluding hydrogens is 344 g/mol. The lowest BCUT2D eigenvalue weighted by Gasteiger charge is -2.39. The molecule has 1 aromatic carbocycles. The van der Waals surface area contributed by atoms with Crippen molar-refractivity contribution in [2.45, 2.75) is 45.3 Å². The number of ether oxygens (including phenoxy) is 2. The summed E-state index contributed by atoms with van der Waals surface area (Å²) in [5, 5.41) is 0. The zero-order valence-corrected chi connectivity index (χ0v) is 16.2. The number of aryl methyl sites for hydroxylation is 1. The summed E-state index contributed by atoms with van der Waals surface area (Å²) >= 11 is 0.